The summed E-state index contributed by atoms with van der Waals surface area (Å²) in [6.45, 7) is 2.06. The molecule has 6 heteroatoms. The molecule has 0 aliphatic carbocycles. The van der Waals surface area contributed by atoms with E-state index in [1.165, 1.54) is 24.3 Å². The van der Waals surface area contributed by atoms with Crippen LogP contribution in [0, 0.1) is 12.7 Å². The van der Waals surface area contributed by atoms with Gasteiger partial charge in [-0.3, -0.25) is 4.79 Å². The largest absolute Gasteiger partial charge is 0.478 e. The first-order chi connectivity index (χ1) is 10.5. The molecule has 22 heavy (non-hydrogen) atoms. The van der Waals surface area contributed by atoms with Crippen LogP contribution < -0.4 is 10.6 Å². The Morgan fingerprint density at radius 2 is 2.05 bits per heavy atom. The number of carbonyl (C=O) groups is 2. The number of rotatable bonds is 3. The standard InChI is InChI=1S/C16H13FN2O3/c1-8-2-3-13(12(17)4-8)19-14-6-10-9(7-18-15(10)20)5-11(14)16(21)22/h2-6,19H,7H2,1H3,(H,18,20)(H,21,22). The minimum atomic E-state index is -1.14. The van der Waals surface area contributed by atoms with E-state index in [0.29, 0.717) is 17.7 Å². The van der Waals surface area contributed by atoms with Gasteiger partial charge in [-0.05, 0) is 42.3 Å². The predicted molar refractivity (Wildman–Crippen MR) is 79.0 cm³/mol. The Bertz CT molecular complexity index is 802. The first kappa shape index (κ1) is 14.1. The van der Waals surface area contributed by atoms with Crippen molar-refractivity contribution in [2.45, 2.75) is 13.5 Å². The number of carboxylic acids is 1. The summed E-state index contributed by atoms with van der Waals surface area (Å²) in [5, 5.41) is 14.7. The van der Waals surface area contributed by atoms with Gasteiger partial charge in [0.1, 0.15) is 5.82 Å². The van der Waals surface area contributed by atoms with E-state index in [1.54, 1.807) is 13.0 Å². The smallest absolute Gasteiger partial charge is 0.337 e. The van der Waals surface area contributed by atoms with E-state index in [2.05, 4.69) is 10.6 Å². The fourth-order valence-electron chi connectivity index (χ4n) is 2.42. The zero-order valence-corrected chi connectivity index (χ0v) is 11.7. The van der Waals surface area contributed by atoms with Gasteiger partial charge in [0, 0.05) is 12.1 Å². The van der Waals surface area contributed by atoms with Crippen LogP contribution in [-0.2, 0) is 6.54 Å². The van der Waals surface area contributed by atoms with Crippen LogP contribution >= 0.6 is 0 Å². The Morgan fingerprint density at radius 3 is 2.73 bits per heavy atom. The van der Waals surface area contributed by atoms with E-state index >= 15 is 0 Å². The highest BCUT2D eigenvalue weighted by molar-refractivity contribution is 6.03. The summed E-state index contributed by atoms with van der Waals surface area (Å²) >= 11 is 0. The van der Waals surface area contributed by atoms with Crippen molar-refractivity contribution >= 4 is 23.3 Å². The third-order valence-electron chi connectivity index (χ3n) is 3.55. The van der Waals surface area contributed by atoms with Gasteiger partial charge in [-0.2, -0.15) is 0 Å². The van der Waals surface area contributed by atoms with Crippen molar-refractivity contribution in [2.24, 2.45) is 0 Å². The Labute approximate surface area is 125 Å². The molecule has 2 aromatic carbocycles. The van der Waals surface area contributed by atoms with Crippen molar-refractivity contribution in [1.82, 2.24) is 5.32 Å². The number of aryl methyl sites for hydroxylation is 1. The first-order valence-electron chi connectivity index (χ1n) is 6.67. The number of halogens is 1. The molecule has 1 aliphatic heterocycles. The molecule has 5 nitrogen and oxygen atoms in total. The van der Waals surface area contributed by atoms with Gasteiger partial charge in [0.25, 0.3) is 5.91 Å². The van der Waals surface area contributed by atoms with E-state index in [-0.39, 0.29) is 22.8 Å². The molecular formula is C16H13FN2O3. The maximum absolute atomic E-state index is 13.9. The number of anilines is 2. The molecule has 0 spiro atoms. The molecule has 0 unspecified atom stereocenters. The highest BCUT2D eigenvalue weighted by atomic mass is 19.1. The lowest BCUT2D eigenvalue weighted by Gasteiger charge is -2.12. The van der Waals surface area contributed by atoms with Gasteiger partial charge in [-0.25, -0.2) is 9.18 Å². The molecule has 3 rings (SSSR count). The Hall–Kier alpha value is -2.89. The molecule has 0 radical (unpaired) electrons. The van der Waals surface area contributed by atoms with Crippen molar-refractivity contribution in [3.63, 3.8) is 0 Å². The monoisotopic (exact) mass is 300 g/mol. The van der Waals surface area contributed by atoms with Crippen LogP contribution in [0.3, 0.4) is 0 Å². The molecule has 2 aromatic rings. The van der Waals surface area contributed by atoms with Crippen molar-refractivity contribution < 1.29 is 19.1 Å². The number of amides is 1. The zero-order chi connectivity index (χ0) is 15.9. The second-order valence-corrected chi connectivity index (χ2v) is 5.15. The van der Waals surface area contributed by atoms with Crippen LogP contribution in [0.5, 0.6) is 0 Å². The van der Waals surface area contributed by atoms with Crippen LogP contribution in [-0.4, -0.2) is 17.0 Å². The average molecular weight is 300 g/mol. The molecule has 0 atom stereocenters. The lowest BCUT2D eigenvalue weighted by Crippen LogP contribution is -2.12. The van der Waals surface area contributed by atoms with E-state index in [1.807, 2.05) is 0 Å². The summed E-state index contributed by atoms with van der Waals surface area (Å²) < 4.78 is 13.9. The lowest BCUT2D eigenvalue weighted by molar-refractivity contribution is 0.0697. The highest BCUT2D eigenvalue weighted by Crippen LogP contribution is 2.29. The normalized spacial score (nSPS) is 12.7. The number of aromatic carboxylic acids is 1. The van der Waals surface area contributed by atoms with Gasteiger partial charge in [0.05, 0.1) is 16.9 Å². The van der Waals surface area contributed by atoms with E-state index in [9.17, 15) is 19.1 Å². The maximum Gasteiger partial charge on any atom is 0.337 e. The second kappa shape index (κ2) is 5.14. The van der Waals surface area contributed by atoms with Gasteiger partial charge in [0.15, 0.2) is 0 Å². The van der Waals surface area contributed by atoms with Crippen molar-refractivity contribution in [3.8, 4) is 0 Å². The Morgan fingerprint density at radius 1 is 1.27 bits per heavy atom. The van der Waals surface area contributed by atoms with Crippen LogP contribution in [0.1, 0.15) is 31.8 Å². The number of fused-ring (bicyclic) bond motifs is 1. The van der Waals surface area contributed by atoms with E-state index < -0.39 is 11.8 Å². The minimum Gasteiger partial charge on any atom is -0.478 e. The number of carbonyl (C=O) groups excluding carboxylic acids is 1. The molecule has 0 saturated heterocycles. The fraction of sp³-hybridized carbons (Fsp3) is 0.125. The third kappa shape index (κ3) is 2.39. The molecule has 1 heterocycles. The van der Waals surface area contributed by atoms with Crippen LogP contribution in [0.25, 0.3) is 0 Å². The molecule has 0 aromatic heterocycles. The van der Waals surface area contributed by atoms with Gasteiger partial charge in [0.2, 0.25) is 0 Å². The molecule has 0 fully saturated rings. The number of benzene rings is 2. The molecule has 112 valence electrons. The van der Waals surface area contributed by atoms with Crippen molar-refractivity contribution in [2.75, 3.05) is 5.32 Å². The highest BCUT2D eigenvalue weighted by Gasteiger charge is 2.23. The molecule has 0 saturated carbocycles. The summed E-state index contributed by atoms with van der Waals surface area (Å²) in [7, 11) is 0. The summed E-state index contributed by atoms with van der Waals surface area (Å²) in [4.78, 5) is 23.1. The minimum absolute atomic E-state index is 0.00442. The fourth-order valence-corrected chi connectivity index (χ4v) is 2.42. The quantitative estimate of drug-likeness (QED) is 0.814. The third-order valence-corrected chi connectivity index (χ3v) is 3.55. The number of carboxylic acid groups (broad SMARTS) is 1. The zero-order valence-electron chi connectivity index (χ0n) is 11.7. The molecular weight excluding hydrogens is 287 g/mol. The second-order valence-electron chi connectivity index (χ2n) is 5.15. The van der Waals surface area contributed by atoms with E-state index in [0.717, 1.165) is 5.56 Å². The number of nitrogens with one attached hydrogen (secondary N) is 2. The van der Waals surface area contributed by atoms with Crippen LogP contribution in [0.2, 0.25) is 0 Å². The summed E-state index contributed by atoms with van der Waals surface area (Å²) in [5.41, 5.74) is 2.12. The summed E-state index contributed by atoms with van der Waals surface area (Å²) in [5.74, 6) is -1.89. The Kier molecular flexibility index (Phi) is 3.29. The predicted octanol–water partition coefficient (Wildman–Crippen LogP) is 2.82. The number of hydrogen-bond donors (Lipinski definition) is 3. The summed E-state index contributed by atoms with van der Waals surface area (Å²) in [6.07, 6.45) is 0. The summed E-state index contributed by atoms with van der Waals surface area (Å²) in [6, 6.07) is 7.47. The van der Waals surface area contributed by atoms with Crippen LogP contribution in [0.15, 0.2) is 30.3 Å². The molecule has 3 N–H and O–H groups in total. The molecule has 0 bridgehead atoms. The van der Waals surface area contributed by atoms with Crippen molar-refractivity contribution in [3.05, 3.63) is 58.4 Å². The molecule has 1 amide bonds. The average Bonchev–Trinajstić information content (AvgIpc) is 2.82. The maximum atomic E-state index is 13.9. The SMILES string of the molecule is Cc1ccc(Nc2cc3c(cc2C(=O)O)CNC3=O)c(F)c1. The van der Waals surface area contributed by atoms with Gasteiger partial charge in [-0.15, -0.1) is 0 Å². The molecule has 1 aliphatic rings. The first-order valence-corrected chi connectivity index (χ1v) is 6.67. The van der Waals surface area contributed by atoms with Crippen LogP contribution in [0.4, 0.5) is 15.8 Å². The number of hydrogen-bond acceptors (Lipinski definition) is 3. The van der Waals surface area contributed by atoms with Gasteiger partial charge in [-0.1, -0.05) is 6.07 Å². The van der Waals surface area contributed by atoms with Gasteiger partial charge >= 0.3 is 5.97 Å². The topological polar surface area (TPSA) is 78.4 Å². The van der Waals surface area contributed by atoms with Gasteiger partial charge < -0.3 is 15.7 Å². The Balaban J connectivity index is 2.07. The van der Waals surface area contributed by atoms with E-state index in [4.69, 9.17) is 0 Å². The van der Waals surface area contributed by atoms with Crippen molar-refractivity contribution in [1.29, 1.82) is 0 Å². The lowest BCUT2D eigenvalue weighted by atomic mass is 10.0.